The molecule has 1 aliphatic rings. The van der Waals surface area contributed by atoms with Gasteiger partial charge in [0, 0.05) is 51.1 Å². The third-order valence-electron chi connectivity index (χ3n) is 5.17. The SMILES string of the molecule is COc1ccc(CN2CCCN(C(=O)CCC(=O)c3ccccc3)CC2)cc1. The van der Waals surface area contributed by atoms with Crippen LogP contribution in [0.3, 0.4) is 0 Å². The van der Waals surface area contributed by atoms with E-state index in [1.165, 1.54) is 5.56 Å². The molecule has 1 fully saturated rings. The normalized spacial score (nSPS) is 15.1. The second-order valence-electron chi connectivity index (χ2n) is 7.15. The lowest BCUT2D eigenvalue weighted by atomic mass is 10.1. The Morgan fingerprint density at radius 1 is 0.893 bits per heavy atom. The van der Waals surface area contributed by atoms with Crippen molar-refractivity contribution in [3.8, 4) is 5.75 Å². The average molecular weight is 380 g/mol. The number of carbonyl (C=O) groups excluding carboxylic acids is 2. The first-order valence-corrected chi connectivity index (χ1v) is 9.87. The molecule has 0 atom stereocenters. The van der Waals surface area contributed by atoms with Crippen LogP contribution in [-0.4, -0.2) is 54.8 Å². The third-order valence-corrected chi connectivity index (χ3v) is 5.17. The highest BCUT2D eigenvalue weighted by Gasteiger charge is 2.20. The Balaban J connectivity index is 1.46. The van der Waals surface area contributed by atoms with Crippen LogP contribution < -0.4 is 4.74 Å². The van der Waals surface area contributed by atoms with Gasteiger partial charge in [0.05, 0.1) is 7.11 Å². The molecule has 0 bridgehead atoms. The summed E-state index contributed by atoms with van der Waals surface area (Å²) in [5.74, 6) is 0.974. The van der Waals surface area contributed by atoms with E-state index >= 15 is 0 Å². The first kappa shape index (κ1) is 20.1. The van der Waals surface area contributed by atoms with Crippen molar-refractivity contribution in [1.82, 2.24) is 9.80 Å². The molecule has 5 heteroatoms. The fourth-order valence-electron chi connectivity index (χ4n) is 3.51. The summed E-state index contributed by atoms with van der Waals surface area (Å²) in [5, 5.41) is 0. The molecule has 0 aromatic heterocycles. The molecule has 0 unspecified atom stereocenters. The maximum Gasteiger partial charge on any atom is 0.223 e. The van der Waals surface area contributed by atoms with Gasteiger partial charge in [0.25, 0.3) is 0 Å². The highest BCUT2D eigenvalue weighted by atomic mass is 16.5. The predicted octanol–water partition coefficient (Wildman–Crippen LogP) is 3.39. The Hall–Kier alpha value is -2.66. The third kappa shape index (κ3) is 5.67. The fraction of sp³-hybridized carbons (Fsp3) is 0.391. The monoisotopic (exact) mass is 380 g/mol. The summed E-state index contributed by atoms with van der Waals surface area (Å²) in [6.07, 6.45) is 1.51. The summed E-state index contributed by atoms with van der Waals surface area (Å²) in [6, 6.07) is 17.3. The zero-order valence-electron chi connectivity index (χ0n) is 16.5. The average Bonchev–Trinajstić information content (AvgIpc) is 2.98. The van der Waals surface area contributed by atoms with Crippen LogP contribution in [0.25, 0.3) is 0 Å². The predicted molar refractivity (Wildman–Crippen MR) is 109 cm³/mol. The molecule has 1 amide bonds. The topological polar surface area (TPSA) is 49.9 Å². The van der Waals surface area contributed by atoms with Gasteiger partial charge in [0.1, 0.15) is 5.75 Å². The molecular formula is C23H28N2O3. The van der Waals surface area contributed by atoms with E-state index in [1.807, 2.05) is 35.2 Å². The zero-order valence-corrected chi connectivity index (χ0v) is 16.5. The Morgan fingerprint density at radius 3 is 2.36 bits per heavy atom. The molecule has 0 aliphatic carbocycles. The van der Waals surface area contributed by atoms with E-state index < -0.39 is 0 Å². The number of methoxy groups -OCH3 is 1. The van der Waals surface area contributed by atoms with Gasteiger partial charge in [-0.05, 0) is 24.1 Å². The molecule has 28 heavy (non-hydrogen) atoms. The number of ether oxygens (including phenoxy) is 1. The van der Waals surface area contributed by atoms with Gasteiger partial charge in [-0.25, -0.2) is 0 Å². The van der Waals surface area contributed by atoms with E-state index in [4.69, 9.17) is 4.74 Å². The van der Waals surface area contributed by atoms with Crippen LogP contribution in [0.4, 0.5) is 0 Å². The number of carbonyl (C=O) groups is 2. The number of Topliss-reactive ketones (excluding diaryl/α,β-unsaturated/α-hetero) is 1. The molecule has 2 aromatic carbocycles. The summed E-state index contributed by atoms with van der Waals surface area (Å²) >= 11 is 0. The van der Waals surface area contributed by atoms with Crippen molar-refractivity contribution < 1.29 is 14.3 Å². The molecule has 148 valence electrons. The molecule has 1 saturated heterocycles. The molecule has 0 saturated carbocycles. The van der Waals surface area contributed by atoms with Crippen molar-refractivity contribution in [3.63, 3.8) is 0 Å². The molecule has 0 radical (unpaired) electrons. The van der Waals surface area contributed by atoms with Crippen LogP contribution >= 0.6 is 0 Å². The Kier molecular flexibility index (Phi) is 7.20. The highest BCUT2D eigenvalue weighted by molar-refractivity contribution is 5.97. The lowest BCUT2D eigenvalue weighted by molar-refractivity contribution is -0.131. The number of amides is 1. The fourth-order valence-corrected chi connectivity index (χ4v) is 3.51. The first-order valence-electron chi connectivity index (χ1n) is 9.87. The van der Waals surface area contributed by atoms with Crippen molar-refractivity contribution in [3.05, 3.63) is 65.7 Å². The number of rotatable bonds is 7. The molecule has 5 nitrogen and oxygen atoms in total. The summed E-state index contributed by atoms with van der Waals surface area (Å²) in [4.78, 5) is 29.1. The van der Waals surface area contributed by atoms with Gasteiger partial charge in [-0.15, -0.1) is 0 Å². The molecular weight excluding hydrogens is 352 g/mol. The largest absolute Gasteiger partial charge is 0.497 e. The van der Waals surface area contributed by atoms with Crippen LogP contribution in [0, 0.1) is 0 Å². The highest BCUT2D eigenvalue weighted by Crippen LogP contribution is 2.15. The van der Waals surface area contributed by atoms with Crippen LogP contribution in [0.15, 0.2) is 54.6 Å². The van der Waals surface area contributed by atoms with Crippen LogP contribution in [0.5, 0.6) is 5.75 Å². The van der Waals surface area contributed by atoms with E-state index in [9.17, 15) is 9.59 Å². The van der Waals surface area contributed by atoms with Gasteiger partial charge in [-0.1, -0.05) is 42.5 Å². The van der Waals surface area contributed by atoms with Gasteiger partial charge in [0.15, 0.2) is 5.78 Å². The summed E-state index contributed by atoms with van der Waals surface area (Å²) in [5.41, 5.74) is 1.92. The van der Waals surface area contributed by atoms with Gasteiger partial charge in [-0.2, -0.15) is 0 Å². The molecule has 3 rings (SSSR count). The van der Waals surface area contributed by atoms with Gasteiger partial charge < -0.3 is 9.64 Å². The lowest BCUT2D eigenvalue weighted by Gasteiger charge is -2.22. The standard InChI is InChI=1S/C23H28N2O3/c1-28-21-10-8-19(9-11-21)18-24-14-5-15-25(17-16-24)23(27)13-12-22(26)20-6-3-2-4-7-20/h2-4,6-11H,5,12-18H2,1H3. The van der Waals surface area contributed by atoms with Crippen molar-refractivity contribution >= 4 is 11.7 Å². The minimum atomic E-state index is 0.0323. The number of hydrogen-bond donors (Lipinski definition) is 0. The number of nitrogens with zero attached hydrogens (tertiary/aromatic N) is 2. The van der Waals surface area contributed by atoms with E-state index in [1.54, 1.807) is 19.2 Å². The van der Waals surface area contributed by atoms with Gasteiger partial charge in [-0.3, -0.25) is 14.5 Å². The van der Waals surface area contributed by atoms with E-state index in [0.717, 1.165) is 38.3 Å². The minimum absolute atomic E-state index is 0.0323. The number of benzene rings is 2. The zero-order chi connectivity index (χ0) is 19.8. The van der Waals surface area contributed by atoms with Crippen LogP contribution in [-0.2, 0) is 11.3 Å². The maximum atomic E-state index is 12.6. The maximum absolute atomic E-state index is 12.6. The minimum Gasteiger partial charge on any atom is -0.497 e. The molecule has 2 aromatic rings. The Bertz CT molecular complexity index is 774. The number of hydrogen-bond acceptors (Lipinski definition) is 4. The Morgan fingerprint density at radius 2 is 1.64 bits per heavy atom. The van der Waals surface area contributed by atoms with Gasteiger partial charge in [0.2, 0.25) is 5.91 Å². The summed E-state index contributed by atoms with van der Waals surface area (Å²) < 4.78 is 5.21. The van der Waals surface area contributed by atoms with Crippen LogP contribution in [0.1, 0.15) is 35.2 Å². The van der Waals surface area contributed by atoms with Crippen LogP contribution in [0.2, 0.25) is 0 Å². The van der Waals surface area contributed by atoms with Crippen molar-refractivity contribution in [2.75, 3.05) is 33.3 Å². The van der Waals surface area contributed by atoms with E-state index in [0.29, 0.717) is 12.1 Å². The van der Waals surface area contributed by atoms with Gasteiger partial charge >= 0.3 is 0 Å². The quantitative estimate of drug-likeness (QED) is 0.691. The Labute approximate surface area is 166 Å². The molecule has 1 heterocycles. The van der Waals surface area contributed by atoms with Crippen molar-refractivity contribution in [1.29, 1.82) is 0 Å². The molecule has 0 N–H and O–H groups in total. The molecule has 0 spiro atoms. The van der Waals surface area contributed by atoms with Crippen molar-refractivity contribution in [2.45, 2.75) is 25.8 Å². The molecule has 1 aliphatic heterocycles. The summed E-state index contributed by atoms with van der Waals surface area (Å²) in [7, 11) is 1.67. The lowest BCUT2D eigenvalue weighted by Crippen LogP contribution is -2.35. The summed E-state index contributed by atoms with van der Waals surface area (Å²) in [6.45, 7) is 4.17. The number of ketones is 1. The van der Waals surface area contributed by atoms with E-state index in [-0.39, 0.29) is 24.5 Å². The second kappa shape index (κ2) is 10.0. The second-order valence-corrected chi connectivity index (χ2v) is 7.15. The van der Waals surface area contributed by atoms with E-state index in [2.05, 4.69) is 17.0 Å². The van der Waals surface area contributed by atoms with Crippen molar-refractivity contribution in [2.24, 2.45) is 0 Å². The smallest absolute Gasteiger partial charge is 0.223 e. The first-order chi connectivity index (χ1) is 13.7.